The largest absolute Gasteiger partial charge is 0.447 e. The Morgan fingerprint density at radius 1 is 1.23 bits per heavy atom. The number of hydrogen-bond donors (Lipinski definition) is 0. The molecule has 0 spiro atoms. The van der Waals surface area contributed by atoms with E-state index in [-0.39, 0.29) is 0 Å². The van der Waals surface area contributed by atoms with Crippen LogP contribution in [0.2, 0.25) is 5.02 Å². The Hall–Kier alpha value is -1.56. The monoisotopic (exact) mass is 392 g/mol. The number of nitrogens with zero attached hydrogens (tertiary/aromatic N) is 2. The van der Waals surface area contributed by atoms with Crippen molar-refractivity contribution in [2.45, 2.75) is 9.99 Å². The van der Waals surface area contributed by atoms with E-state index in [9.17, 15) is 0 Å². The van der Waals surface area contributed by atoms with Gasteiger partial charge in [-0.1, -0.05) is 23.4 Å². The van der Waals surface area contributed by atoms with Crippen LogP contribution >= 0.6 is 39.3 Å². The molecule has 0 aliphatic rings. The Kier molecular flexibility index (Phi) is 4.97. The fraction of sp³-hybridized carbons (Fsp3) is 0. The van der Waals surface area contributed by atoms with Crippen molar-refractivity contribution >= 4 is 51.2 Å². The third kappa shape index (κ3) is 4.00. The van der Waals surface area contributed by atoms with E-state index in [1.807, 2.05) is 42.5 Å². The van der Waals surface area contributed by atoms with Crippen LogP contribution in [0.25, 0.3) is 0 Å². The molecule has 0 fully saturated rings. The number of hydrogen-bond acceptors (Lipinski definition) is 4. The molecule has 22 heavy (non-hydrogen) atoms. The van der Waals surface area contributed by atoms with Gasteiger partial charge in [0.15, 0.2) is 5.09 Å². The number of benzene rings is 1. The molecule has 110 valence electrons. The molecule has 3 rings (SSSR count). The van der Waals surface area contributed by atoms with E-state index in [1.54, 1.807) is 18.6 Å². The van der Waals surface area contributed by atoms with Gasteiger partial charge in [0.25, 0.3) is 0 Å². The molecule has 2 heterocycles. The summed E-state index contributed by atoms with van der Waals surface area (Å²) in [5, 5.41) is 1.49. The number of halogens is 2. The van der Waals surface area contributed by atoms with Crippen molar-refractivity contribution < 1.29 is 4.42 Å². The number of aromatic nitrogens is 1. The summed E-state index contributed by atoms with van der Waals surface area (Å²) >= 11 is 10.9. The Morgan fingerprint density at radius 2 is 2.05 bits per heavy atom. The lowest BCUT2D eigenvalue weighted by molar-refractivity contribution is 0.466. The molecule has 0 unspecified atom stereocenters. The van der Waals surface area contributed by atoms with Gasteiger partial charge in [0.05, 0.1) is 22.6 Å². The molecule has 0 aliphatic carbocycles. The number of aliphatic imine (C=N–C) groups is 1. The summed E-state index contributed by atoms with van der Waals surface area (Å²) < 4.78 is 6.67. The summed E-state index contributed by atoms with van der Waals surface area (Å²) in [6, 6.07) is 13.2. The molecular weight excluding hydrogens is 384 g/mol. The van der Waals surface area contributed by atoms with Gasteiger partial charge in [0, 0.05) is 22.2 Å². The lowest BCUT2D eigenvalue weighted by Gasteiger charge is -1.98. The summed E-state index contributed by atoms with van der Waals surface area (Å²) in [7, 11) is 0. The SMILES string of the molecule is Clc1ccc(Sc2oc(C=Nc3cccnc3)cc2Br)cc1. The van der Waals surface area contributed by atoms with Gasteiger partial charge in [-0.25, -0.2) is 0 Å². The van der Waals surface area contributed by atoms with E-state index in [0.717, 1.165) is 20.1 Å². The van der Waals surface area contributed by atoms with E-state index in [2.05, 4.69) is 25.9 Å². The molecule has 6 heteroatoms. The maximum atomic E-state index is 5.89. The molecule has 0 N–H and O–H groups in total. The highest BCUT2D eigenvalue weighted by molar-refractivity contribution is 9.10. The van der Waals surface area contributed by atoms with Crippen LogP contribution in [0.1, 0.15) is 5.76 Å². The number of rotatable bonds is 4. The van der Waals surface area contributed by atoms with Gasteiger partial charge < -0.3 is 4.42 Å². The molecule has 0 aliphatic heterocycles. The molecule has 2 aromatic heterocycles. The van der Waals surface area contributed by atoms with Crippen molar-refractivity contribution in [3.63, 3.8) is 0 Å². The van der Waals surface area contributed by atoms with Crippen LogP contribution in [-0.2, 0) is 0 Å². The molecule has 0 saturated heterocycles. The van der Waals surface area contributed by atoms with Crippen LogP contribution in [0.4, 0.5) is 5.69 Å². The van der Waals surface area contributed by atoms with E-state index in [4.69, 9.17) is 16.0 Å². The lowest BCUT2D eigenvalue weighted by atomic mass is 10.4. The first-order valence-electron chi connectivity index (χ1n) is 6.37. The molecule has 3 nitrogen and oxygen atoms in total. The smallest absolute Gasteiger partial charge is 0.179 e. The Bertz CT molecular complexity index is 788. The van der Waals surface area contributed by atoms with Gasteiger partial charge in [-0.3, -0.25) is 9.98 Å². The maximum absolute atomic E-state index is 5.89. The average Bonchev–Trinajstić information content (AvgIpc) is 2.89. The van der Waals surface area contributed by atoms with Crippen LogP contribution in [0, 0.1) is 0 Å². The van der Waals surface area contributed by atoms with Gasteiger partial charge in [-0.05, 0) is 52.3 Å². The van der Waals surface area contributed by atoms with Crippen LogP contribution in [0.15, 0.2) is 78.7 Å². The molecule has 1 aromatic carbocycles. The first-order valence-corrected chi connectivity index (χ1v) is 8.36. The standard InChI is InChI=1S/C16H10BrClN2OS/c17-15-8-13(10-20-12-2-1-7-19-9-12)21-16(15)22-14-5-3-11(18)4-6-14/h1-10H. The Balaban J connectivity index is 1.76. The third-order valence-corrected chi connectivity index (χ3v) is 4.79. The van der Waals surface area contributed by atoms with Gasteiger partial charge in [-0.15, -0.1) is 0 Å². The Morgan fingerprint density at radius 3 is 2.77 bits per heavy atom. The predicted molar refractivity (Wildman–Crippen MR) is 93.5 cm³/mol. The highest BCUT2D eigenvalue weighted by atomic mass is 79.9. The second kappa shape index (κ2) is 7.13. The fourth-order valence-corrected chi connectivity index (χ4v) is 3.14. The minimum Gasteiger partial charge on any atom is -0.447 e. The maximum Gasteiger partial charge on any atom is 0.179 e. The summed E-state index contributed by atoms with van der Waals surface area (Å²) in [4.78, 5) is 9.39. The van der Waals surface area contributed by atoms with Crippen molar-refractivity contribution in [3.8, 4) is 0 Å². The molecule has 0 radical (unpaired) electrons. The summed E-state index contributed by atoms with van der Waals surface area (Å²) in [5.41, 5.74) is 0.780. The van der Waals surface area contributed by atoms with E-state index in [1.165, 1.54) is 11.8 Å². The zero-order valence-electron chi connectivity index (χ0n) is 11.2. The topological polar surface area (TPSA) is 38.4 Å². The van der Waals surface area contributed by atoms with Crippen LogP contribution in [-0.4, -0.2) is 11.2 Å². The van der Waals surface area contributed by atoms with E-state index < -0.39 is 0 Å². The second-order valence-electron chi connectivity index (χ2n) is 4.31. The van der Waals surface area contributed by atoms with Crippen molar-refractivity contribution in [3.05, 3.63) is 70.1 Å². The molecule has 0 amide bonds. The molecular formula is C16H10BrClN2OS. The first kappa shape index (κ1) is 15.3. The average molecular weight is 394 g/mol. The van der Waals surface area contributed by atoms with Crippen molar-refractivity contribution in [1.82, 2.24) is 4.98 Å². The predicted octanol–water partition coefficient (Wildman–Crippen LogP) is 5.99. The van der Waals surface area contributed by atoms with Gasteiger partial charge >= 0.3 is 0 Å². The van der Waals surface area contributed by atoms with E-state index >= 15 is 0 Å². The molecule has 0 atom stereocenters. The zero-order chi connectivity index (χ0) is 15.4. The number of pyridine rings is 1. The highest BCUT2D eigenvalue weighted by Gasteiger charge is 2.09. The summed E-state index contributed by atoms with van der Waals surface area (Å²) in [6.07, 6.45) is 5.08. The minimum atomic E-state index is 0.673. The second-order valence-corrected chi connectivity index (χ2v) is 6.65. The normalized spacial score (nSPS) is 11.2. The van der Waals surface area contributed by atoms with Crippen molar-refractivity contribution in [2.75, 3.05) is 0 Å². The minimum absolute atomic E-state index is 0.673. The fourth-order valence-electron chi connectivity index (χ4n) is 1.68. The van der Waals surface area contributed by atoms with E-state index in [0.29, 0.717) is 10.8 Å². The van der Waals surface area contributed by atoms with Gasteiger partial charge in [0.1, 0.15) is 5.76 Å². The first-order chi connectivity index (χ1) is 10.7. The van der Waals surface area contributed by atoms with Crippen LogP contribution < -0.4 is 0 Å². The summed E-state index contributed by atoms with van der Waals surface area (Å²) in [6.45, 7) is 0. The van der Waals surface area contributed by atoms with Crippen LogP contribution in [0.5, 0.6) is 0 Å². The van der Waals surface area contributed by atoms with Crippen molar-refractivity contribution in [2.24, 2.45) is 4.99 Å². The zero-order valence-corrected chi connectivity index (χ0v) is 14.4. The lowest BCUT2D eigenvalue weighted by Crippen LogP contribution is -1.75. The summed E-state index contributed by atoms with van der Waals surface area (Å²) in [5.74, 6) is 0.673. The highest BCUT2D eigenvalue weighted by Crippen LogP contribution is 2.36. The molecule has 0 saturated carbocycles. The van der Waals surface area contributed by atoms with Crippen molar-refractivity contribution in [1.29, 1.82) is 0 Å². The number of furan rings is 1. The molecule has 0 bridgehead atoms. The Labute approximate surface area is 145 Å². The van der Waals surface area contributed by atoms with Gasteiger partial charge in [0.2, 0.25) is 0 Å². The van der Waals surface area contributed by atoms with Crippen LogP contribution in [0.3, 0.4) is 0 Å². The quantitative estimate of drug-likeness (QED) is 0.511. The molecule has 3 aromatic rings. The van der Waals surface area contributed by atoms with Gasteiger partial charge in [-0.2, -0.15) is 0 Å². The third-order valence-electron chi connectivity index (χ3n) is 2.69.